The largest absolute Gasteiger partial charge is 0.480 e. The molecule has 98 valence electrons. The summed E-state index contributed by atoms with van der Waals surface area (Å²) in [5.74, 6) is -0.705. The third-order valence-electron chi connectivity index (χ3n) is 3.63. The molecule has 3 heteroatoms. The minimum Gasteiger partial charge on any atom is -0.480 e. The van der Waals surface area contributed by atoms with E-state index in [2.05, 4.69) is 37.8 Å². The van der Waals surface area contributed by atoms with E-state index in [4.69, 9.17) is 0 Å². The molecule has 1 aromatic rings. The number of carboxylic acid groups (broad SMARTS) is 1. The van der Waals surface area contributed by atoms with Crippen LogP contribution in [-0.4, -0.2) is 27.6 Å². The smallest absolute Gasteiger partial charge is 0.320 e. The normalized spacial score (nSPS) is 25.3. The molecule has 0 aromatic heterocycles. The highest BCUT2D eigenvalue weighted by Gasteiger charge is 2.43. The molecule has 0 amide bonds. The van der Waals surface area contributed by atoms with E-state index in [1.165, 1.54) is 5.56 Å². The van der Waals surface area contributed by atoms with Crippen LogP contribution in [-0.2, 0) is 4.79 Å². The topological polar surface area (TPSA) is 40.5 Å². The second kappa shape index (κ2) is 4.73. The first kappa shape index (κ1) is 13.1. The van der Waals surface area contributed by atoms with Crippen molar-refractivity contribution in [2.75, 3.05) is 0 Å². The molecule has 0 bridgehead atoms. The molecule has 3 nitrogen and oxygen atoms in total. The summed E-state index contributed by atoms with van der Waals surface area (Å²) in [6.45, 7) is 6.26. The van der Waals surface area contributed by atoms with Gasteiger partial charge in [0.15, 0.2) is 0 Å². The number of hydrogen-bond donors (Lipinski definition) is 1. The third kappa shape index (κ3) is 2.41. The molecule has 0 saturated carbocycles. The van der Waals surface area contributed by atoms with E-state index >= 15 is 0 Å². The van der Waals surface area contributed by atoms with Crippen LogP contribution >= 0.6 is 0 Å². The second-order valence-corrected chi connectivity index (χ2v) is 5.94. The van der Waals surface area contributed by atoms with E-state index in [-0.39, 0.29) is 17.6 Å². The van der Waals surface area contributed by atoms with Crippen LogP contribution in [0.25, 0.3) is 0 Å². The number of likely N-dealkylation sites (tertiary alicyclic amines) is 1. The van der Waals surface area contributed by atoms with Gasteiger partial charge in [0.25, 0.3) is 0 Å². The zero-order valence-corrected chi connectivity index (χ0v) is 11.3. The molecule has 1 saturated heterocycles. The third-order valence-corrected chi connectivity index (χ3v) is 3.63. The van der Waals surface area contributed by atoms with Crippen molar-refractivity contribution in [3.05, 3.63) is 35.9 Å². The highest BCUT2D eigenvalue weighted by molar-refractivity contribution is 5.74. The molecule has 2 atom stereocenters. The number of benzene rings is 1. The maximum absolute atomic E-state index is 11.4. The van der Waals surface area contributed by atoms with E-state index in [1.807, 2.05) is 18.2 Å². The zero-order valence-electron chi connectivity index (χ0n) is 11.3. The summed E-state index contributed by atoms with van der Waals surface area (Å²) in [6.07, 6.45) is 1.64. The fraction of sp³-hybridized carbons (Fsp3) is 0.533. The van der Waals surface area contributed by atoms with Gasteiger partial charge >= 0.3 is 5.97 Å². The molecule has 1 heterocycles. The predicted molar refractivity (Wildman–Crippen MR) is 71.4 cm³/mol. The van der Waals surface area contributed by atoms with Gasteiger partial charge in [-0.1, -0.05) is 30.3 Å². The molecule has 1 aliphatic heterocycles. The Morgan fingerprint density at radius 1 is 1.22 bits per heavy atom. The van der Waals surface area contributed by atoms with Gasteiger partial charge in [-0.15, -0.1) is 0 Å². The molecule has 2 unspecified atom stereocenters. The van der Waals surface area contributed by atoms with Crippen molar-refractivity contribution < 1.29 is 9.90 Å². The minimum absolute atomic E-state index is 0.139. The standard InChI is InChI=1S/C15H21NO2/c1-15(2,3)16-12(9-10-13(16)14(17)18)11-7-5-4-6-8-11/h4-8,12-13H,9-10H2,1-3H3,(H,17,18). The van der Waals surface area contributed by atoms with E-state index < -0.39 is 5.97 Å². The number of carbonyl (C=O) groups is 1. The van der Waals surface area contributed by atoms with Crippen molar-refractivity contribution in [2.24, 2.45) is 0 Å². The van der Waals surface area contributed by atoms with Crippen LogP contribution in [0.4, 0.5) is 0 Å². The molecule has 1 N–H and O–H groups in total. The maximum Gasteiger partial charge on any atom is 0.320 e. The Balaban J connectivity index is 2.34. The van der Waals surface area contributed by atoms with Gasteiger partial charge in [-0.05, 0) is 39.2 Å². The van der Waals surface area contributed by atoms with Crippen LogP contribution in [0.15, 0.2) is 30.3 Å². The van der Waals surface area contributed by atoms with Gasteiger partial charge in [0, 0.05) is 11.6 Å². The van der Waals surface area contributed by atoms with Gasteiger partial charge in [-0.2, -0.15) is 0 Å². The van der Waals surface area contributed by atoms with Crippen LogP contribution in [0.3, 0.4) is 0 Å². The fourth-order valence-corrected chi connectivity index (χ4v) is 2.99. The summed E-state index contributed by atoms with van der Waals surface area (Å²) in [5, 5.41) is 9.37. The lowest BCUT2D eigenvalue weighted by Gasteiger charge is -2.40. The molecule has 0 spiro atoms. The lowest BCUT2D eigenvalue weighted by Crippen LogP contribution is -2.48. The highest BCUT2D eigenvalue weighted by Crippen LogP contribution is 2.41. The van der Waals surface area contributed by atoms with Crippen LogP contribution < -0.4 is 0 Å². The summed E-state index contributed by atoms with van der Waals surface area (Å²) >= 11 is 0. The summed E-state index contributed by atoms with van der Waals surface area (Å²) in [4.78, 5) is 13.5. The Labute approximate surface area is 108 Å². The molecular weight excluding hydrogens is 226 g/mol. The van der Waals surface area contributed by atoms with Gasteiger partial charge in [-0.25, -0.2) is 0 Å². The molecule has 18 heavy (non-hydrogen) atoms. The second-order valence-electron chi connectivity index (χ2n) is 5.94. The van der Waals surface area contributed by atoms with Crippen molar-refractivity contribution in [3.63, 3.8) is 0 Å². The van der Waals surface area contributed by atoms with Crippen LogP contribution in [0.5, 0.6) is 0 Å². The monoisotopic (exact) mass is 247 g/mol. The molecule has 2 rings (SSSR count). The quantitative estimate of drug-likeness (QED) is 0.873. The van der Waals surface area contributed by atoms with E-state index in [1.54, 1.807) is 0 Å². The Morgan fingerprint density at radius 2 is 1.83 bits per heavy atom. The van der Waals surface area contributed by atoms with Crippen molar-refractivity contribution in [1.29, 1.82) is 0 Å². The lowest BCUT2D eigenvalue weighted by molar-refractivity contribution is -0.144. The van der Waals surface area contributed by atoms with Crippen molar-refractivity contribution >= 4 is 5.97 Å². The SMILES string of the molecule is CC(C)(C)N1C(C(=O)O)CCC1c1ccccc1. The van der Waals surface area contributed by atoms with Crippen molar-refractivity contribution in [2.45, 2.75) is 51.2 Å². The Kier molecular flexibility index (Phi) is 3.44. The number of carboxylic acids is 1. The first-order chi connectivity index (χ1) is 8.41. The molecule has 0 aliphatic carbocycles. The molecule has 0 radical (unpaired) electrons. The highest BCUT2D eigenvalue weighted by atomic mass is 16.4. The summed E-state index contributed by atoms with van der Waals surface area (Å²) in [7, 11) is 0. The number of nitrogens with zero attached hydrogens (tertiary/aromatic N) is 1. The minimum atomic E-state index is -0.705. The zero-order chi connectivity index (χ0) is 13.3. The van der Waals surface area contributed by atoms with E-state index in [0.29, 0.717) is 0 Å². The molecule has 1 aliphatic rings. The first-order valence-electron chi connectivity index (χ1n) is 6.47. The van der Waals surface area contributed by atoms with Crippen molar-refractivity contribution in [3.8, 4) is 0 Å². The summed E-state index contributed by atoms with van der Waals surface area (Å²) < 4.78 is 0. The average molecular weight is 247 g/mol. The number of aliphatic carboxylic acids is 1. The van der Waals surface area contributed by atoms with Gasteiger partial charge in [-0.3, -0.25) is 9.69 Å². The van der Waals surface area contributed by atoms with Crippen LogP contribution in [0.1, 0.15) is 45.2 Å². The van der Waals surface area contributed by atoms with Crippen LogP contribution in [0, 0.1) is 0 Å². The van der Waals surface area contributed by atoms with Gasteiger partial charge < -0.3 is 5.11 Å². The first-order valence-corrected chi connectivity index (χ1v) is 6.47. The number of rotatable bonds is 2. The molecule has 1 aromatic carbocycles. The Bertz CT molecular complexity index is 422. The fourth-order valence-electron chi connectivity index (χ4n) is 2.99. The van der Waals surface area contributed by atoms with Crippen LogP contribution in [0.2, 0.25) is 0 Å². The van der Waals surface area contributed by atoms with Gasteiger partial charge in [0.05, 0.1) is 0 Å². The van der Waals surface area contributed by atoms with E-state index in [9.17, 15) is 9.90 Å². The predicted octanol–water partition coefficient (Wildman–Crippen LogP) is 3.08. The van der Waals surface area contributed by atoms with Crippen molar-refractivity contribution in [1.82, 2.24) is 4.90 Å². The molecular formula is C15H21NO2. The van der Waals surface area contributed by atoms with Gasteiger partial charge in [0.2, 0.25) is 0 Å². The molecule has 1 fully saturated rings. The lowest BCUT2D eigenvalue weighted by atomic mass is 9.99. The van der Waals surface area contributed by atoms with Gasteiger partial charge in [0.1, 0.15) is 6.04 Å². The maximum atomic E-state index is 11.4. The summed E-state index contributed by atoms with van der Waals surface area (Å²) in [5.41, 5.74) is 1.08. The average Bonchev–Trinajstić information content (AvgIpc) is 2.74. The Hall–Kier alpha value is -1.35. The summed E-state index contributed by atoms with van der Waals surface area (Å²) in [6, 6.07) is 10.1. The number of hydrogen-bond acceptors (Lipinski definition) is 2. The van der Waals surface area contributed by atoms with E-state index in [0.717, 1.165) is 12.8 Å². The Morgan fingerprint density at radius 3 is 2.33 bits per heavy atom.